The number of epoxide rings is 1. The molecule has 0 aromatic rings. The van der Waals surface area contributed by atoms with Crippen LogP contribution in [0.3, 0.4) is 0 Å². The van der Waals surface area contributed by atoms with Crippen LogP contribution in [0.15, 0.2) is 0 Å². The second kappa shape index (κ2) is 0.980. The molecule has 0 radical (unpaired) electrons. The molecule has 1 heterocycles. The van der Waals surface area contributed by atoms with E-state index < -0.39 is 11.8 Å². The molecule has 0 aromatic carbocycles. The third-order valence-corrected chi connectivity index (χ3v) is 1.02. The van der Waals surface area contributed by atoms with E-state index in [2.05, 4.69) is 4.74 Å². The summed E-state index contributed by atoms with van der Waals surface area (Å²) in [6.45, 7) is 1.69. The molecule has 1 aliphatic heterocycles. The molecule has 1 unspecified atom stereocenters. The fourth-order valence-corrected chi connectivity index (χ4v) is 0.344. The van der Waals surface area contributed by atoms with Crippen LogP contribution in [0.1, 0.15) is 13.3 Å². The highest BCUT2D eigenvalue weighted by molar-refractivity contribution is 5.90. The molecule has 1 atom stereocenters. The third-order valence-electron chi connectivity index (χ3n) is 1.02. The average Bonchev–Trinajstić information content (AvgIpc) is 2.18. The van der Waals surface area contributed by atoms with Gasteiger partial charge in [-0.2, -0.15) is 0 Å². The second-order valence-electron chi connectivity index (χ2n) is 1.53. The largest absolute Gasteiger partial charge is 0.417 e. The van der Waals surface area contributed by atoms with Crippen molar-refractivity contribution in [3.8, 4) is 0 Å². The first-order chi connectivity index (χ1) is 3.19. The number of cyclic esters (lactones) is 1. The van der Waals surface area contributed by atoms with Crippen molar-refractivity contribution in [1.82, 2.24) is 0 Å². The van der Waals surface area contributed by atoms with Crippen molar-refractivity contribution in [2.45, 2.75) is 19.1 Å². The summed E-state index contributed by atoms with van der Waals surface area (Å²) in [5.74, 6) is -1.89. The smallest absolute Gasteiger partial charge is 0.382 e. The zero-order valence-corrected chi connectivity index (χ0v) is 3.97. The van der Waals surface area contributed by atoms with Crippen molar-refractivity contribution in [3.63, 3.8) is 0 Å². The van der Waals surface area contributed by atoms with E-state index in [-0.39, 0.29) is 0 Å². The summed E-state index contributed by atoms with van der Waals surface area (Å²) in [5.41, 5.74) is 0. The number of hydrogen-bond donors (Lipinski definition) is 1. The Morgan fingerprint density at radius 1 is 2.00 bits per heavy atom. The summed E-state index contributed by atoms with van der Waals surface area (Å²) in [6, 6.07) is 0. The Labute approximate surface area is 40.9 Å². The van der Waals surface area contributed by atoms with Gasteiger partial charge in [0.1, 0.15) is 0 Å². The van der Waals surface area contributed by atoms with E-state index in [0.29, 0.717) is 6.42 Å². The minimum atomic E-state index is -1.39. The highest BCUT2D eigenvalue weighted by Gasteiger charge is 2.55. The number of aliphatic hydroxyl groups is 1. The fourth-order valence-electron chi connectivity index (χ4n) is 0.344. The van der Waals surface area contributed by atoms with E-state index in [1.807, 2.05) is 0 Å². The summed E-state index contributed by atoms with van der Waals surface area (Å²) in [7, 11) is 0. The predicted octanol–water partition coefficient (Wildman–Crippen LogP) is -0.358. The van der Waals surface area contributed by atoms with Gasteiger partial charge >= 0.3 is 11.8 Å². The molecule has 0 amide bonds. The van der Waals surface area contributed by atoms with Gasteiger partial charge in [0.2, 0.25) is 0 Å². The van der Waals surface area contributed by atoms with Crippen LogP contribution in [0.4, 0.5) is 0 Å². The van der Waals surface area contributed by atoms with Crippen molar-refractivity contribution < 1.29 is 14.6 Å². The summed E-state index contributed by atoms with van der Waals surface area (Å²) in [6.07, 6.45) is 0.353. The molecular formula is C4H6O3. The zero-order chi connectivity index (χ0) is 5.49. The van der Waals surface area contributed by atoms with Crippen LogP contribution in [0.5, 0.6) is 0 Å². The number of rotatable bonds is 1. The molecule has 0 spiro atoms. The maximum atomic E-state index is 9.97. The topological polar surface area (TPSA) is 49.8 Å². The zero-order valence-electron chi connectivity index (χ0n) is 3.97. The molecule has 1 N–H and O–H groups in total. The minimum Gasteiger partial charge on any atom is -0.417 e. The van der Waals surface area contributed by atoms with Crippen molar-refractivity contribution >= 4 is 5.97 Å². The lowest BCUT2D eigenvalue weighted by Crippen LogP contribution is -2.07. The first kappa shape index (κ1) is 4.59. The Morgan fingerprint density at radius 2 is 2.43 bits per heavy atom. The van der Waals surface area contributed by atoms with Gasteiger partial charge in [-0.3, -0.25) is 0 Å². The van der Waals surface area contributed by atoms with Gasteiger partial charge in [0.15, 0.2) is 0 Å². The van der Waals surface area contributed by atoms with Crippen LogP contribution in [0, 0.1) is 0 Å². The number of ether oxygens (including phenoxy) is 1. The normalized spacial score (nSPS) is 37.7. The van der Waals surface area contributed by atoms with Crippen LogP contribution in [-0.4, -0.2) is 16.9 Å². The maximum Gasteiger partial charge on any atom is 0.382 e. The molecule has 1 aliphatic rings. The Morgan fingerprint density at radius 3 is 2.43 bits per heavy atom. The van der Waals surface area contributed by atoms with E-state index in [0.717, 1.165) is 0 Å². The Bertz CT molecular complexity index is 110. The Hall–Kier alpha value is -0.570. The van der Waals surface area contributed by atoms with Gasteiger partial charge in [-0.05, 0) is 0 Å². The molecule has 1 fully saturated rings. The summed E-state index contributed by atoms with van der Waals surface area (Å²) in [5, 5.41) is 8.63. The van der Waals surface area contributed by atoms with Crippen molar-refractivity contribution in [2.24, 2.45) is 0 Å². The summed E-state index contributed by atoms with van der Waals surface area (Å²) >= 11 is 0. The summed E-state index contributed by atoms with van der Waals surface area (Å²) in [4.78, 5) is 9.97. The Kier molecular flexibility index (Phi) is 0.642. The van der Waals surface area contributed by atoms with E-state index >= 15 is 0 Å². The second-order valence-corrected chi connectivity index (χ2v) is 1.53. The van der Waals surface area contributed by atoms with E-state index in [1.165, 1.54) is 0 Å². The first-order valence-corrected chi connectivity index (χ1v) is 2.15. The van der Waals surface area contributed by atoms with Gasteiger partial charge in [-0.25, -0.2) is 4.79 Å². The van der Waals surface area contributed by atoms with Crippen molar-refractivity contribution in [2.75, 3.05) is 0 Å². The van der Waals surface area contributed by atoms with Crippen LogP contribution < -0.4 is 0 Å². The minimum absolute atomic E-state index is 0.353. The molecule has 0 saturated carbocycles. The lowest BCUT2D eigenvalue weighted by molar-refractivity contribution is -0.118. The lowest BCUT2D eigenvalue weighted by Gasteiger charge is -1.86. The van der Waals surface area contributed by atoms with Gasteiger partial charge < -0.3 is 9.84 Å². The van der Waals surface area contributed by atoms with Crippen LogP contribution in [0.2, 0.25) is 0 Å². The maximum absolute atomic E-state index is 9.97. The SMILES string of the molecule is CCC1(O)OC1=O. The van der Waals surface area contributed by atoms with E-state index in [1.54, 1.807) is 6.92 Å². The van der Waals surface area contributed by atoms with Crippen molar-refractivity contribution in [3.05, 3.63) is 0 Å². The highest BCUT2D eigenvalue weighted by atomic mass is 16.8. The Balaban J connectivity index is 2.52. The third kappa shape index (κ3) is 0.489. The molecule has 3 nitrogen and oxygen atoms in total. The highest BCUT2D eigenvalue weighted by Crippen LogP contribution is 2.28. The van der Waals surface area contributed by atoms with Gasteiger partial charge in [0, 0.05) is 6.42 Å². The van der Waals surface area contributed by atoms with E-state index in [9.17, 15) is 4.79 Å². The average molecular weight is 102 g/mol. The molecule has 40 valence electrons. The quantitative estimate of drug-likeness (QED) is 0.460. The monoisotopic (exact) mass is 102 g/mol. The van der Waals surface area contributed by atoms with Crippen LogP contribution in [0.25, 0.3) is 0 Å². The van der Waals surface area contributed by atoms with Crippen LogP contribution >= 0.6 is 0 Å². The molecule has 0 bridgehead atoms. The molecule has 1 saturated heterocycles. The van der Waals surface area contributed by atoms with Gasteiger partial charge in [0.25, 0.3) is 0 Å². The molecule has 1 rings (SSSR count). The van der Waals surface area contributed by atoms with E-state index in [4.69, 9.17) is 5.11 Å². The fraction of sp³-hybridized carbons (Fsp3) is 0.750. The molecule has 3 heteroatoms. The number of carbonyl (C=O) groups is 1. The standard InChI is InChI=1S/C4H6O3/c1-2-4(6)3(5)7-4/h6H,2H2,1H3. The predicted molar refractivity (Wildman–Crippen MR) is 21.3 cm³/mol. The molecular weight excluding hydrogens is 96.0 g/mol. The molecule has 7 heavy (non-hydrogen) atoms. The molecule has 0 aromatic heterocycles. The van der Waals surface area contributed by atoms with Crippen LogP contribution in [-0.2, 0) is 9.53 Å². The van der Waals surface area contributed by atoms with Gasteiger partial charge in [-0.1, -0.05) is 6.92 Å². The number of carbonyl (C=O) groups excluding carboxylic acids is 1. The van der Waals surface area contributed by atoms with Crippen molar-refractivity contribution in [1.29, 1.82) is 0 Å². The molecule has 0 aliphatic carbocycles. The number of hydrogen-bond acceptors (Lipinski definition) is 3. The first-order valence-electron chi connectivity index (χ1n) is 2.15. The lowest BCUT2D eigenvalue weighted by atomic mass is 10.3. The van der Waals surface area contributed by atoms with Gasteiger partial charge in [0.05, 0.1) is 0 Å². The van der Waals surface area contributed by atoms with Gasteiger partial charge in [-0.15, -0.1) is 0 Å². The summed E-state index contributed by atoms with van der Waals surface area (Å²) < 4.78 is 4.17.